The number of nitrogens with zero attached hydrogens (tertiary/aromatic N) is 1. The van der Waals surface area contributed by atoms with Gasteiger partial charge in [-0.3, -0.25) is 4.79 Å². The largest absolute Gasteiger partial charge is 0.496 e. The molecule has 1 amide bonds. The monoisotopic (exact) mass is 469 g/mol. The van der Waals surface area contributed by atoms with E-state index in [2.05, 4.69) is 6.08 Å². The number of esters is 1. The molecule has 0 radical (unpaired) electrons. The molecular formula is C26H31NO7. The maximum absolute atomic E-state index is 12.0. The highest BCUT2D eigenvalue weighted by Crippen LogP contribution is 2.36. The van der Waals surface area contributed by atoms with Gasteiger partial charge < -0.3 is 28.6 Å². The summed E-state index contributed by atoms with van der Waals surface area (Å²) in [5, 5.41) is 0. The molecule has 1 heterocycles. The van der Waals surface area contributed by atoms with Gasteiger partial charge in [-0.05, 0) is 59.9 Å². The van der Waals surface area contributed by atoms with Gasteiger partial charge in [0.2, 0.25) is 0 Å². The van der Waals surface area contributed by atoms with E-state index in [4.69, 9.17) is 23.7 Å². The number of carbonyl (C=O) groups excluding carboxylic acids is 2. The lowest BCUT2D eigenvalue weighted by Crippen LogP contribution is -2.24. The van der Waals surface area contributed by atoms with Gasteiger partial charge in [-0.1, -0.05) is 12.1 Å². The SMILES string of the molecule is COC(=O)Cc1cc(/C(=C/CCN2CCOC2=O)c2ccc(OC)c(OC)c2)cc(C)c1OC. The molecule has 0 bridgehead atoms. The van der Waals surface area contributed by atoms with E-state index in [0.717, 1.165) is 27.8 Å². The summed E-state index contributed by atoms with van der Waals surface area (Å²) in [7, 11) is 6.14. The van der Waals surface area contributed by atoms with Crippen LogP contribution in [-0.4, -0.2) is 65.1 Å². The fourth-order valence-electron chi connectivity index (χ4n) is 4.05. The molecule has 1 aliphatic rings. The van der Waals surface area contributed by atoms with Crippen molar-refractivity contribution < 1.29 is 33.3 Å². The number of ether oxygens (including phenoxy) is 5. The number of hydrogen-bond acceptors (Lipinski definition) is 7. The molecule has 0 aromatic heterocycles. The summed E-state index contributed by atoms with van der Waals surface area (Å²) in [5.41, 5.74) is 4.39. The maximum Gasteiger partial charge on any atom is 0.409 e. The fourth-order valence-corrected chi connectivity index (χ4v) is 4.05. The van der Waals surface area contributed by atoms with Crippen LogP contribution in [0.2, 0.25) is 0 Å². The summed E-state index contributed by atoms with van der Waals surface area (Å²) in [5.74, 6) is 1.54. The van der Waals surface area contributed by atoms with Crippen LogP contribution in [0.5, 0.6) is 17.2 Å². The third-order valence-electron chi connectivity index (χ3n) is 5.72. The van der Waals surface area contributed by atoms with Gasteiger partial charge in [-0.25, -0.2) is 4.79 Å². The van der Waals surface area contributed by atoms with Crippen molar-refractivity contribution in [1.29, 1.82) is 0 Å². The number of cyclic esters (lactones) is 1. The van der Waals surface area contributed by atoms with Crippen LogP contribution in [0, 0.1) is 6.92 Å². The topological polar surface area (TPSA) is 83.5 Å². The number of methoxy groups -OCH3 is 4. The lowest BCUT2D eigenvalue weighted by Gasteiger charge is -2.18. The smallest absolute Gasteiger partial charge is 0.409 e. The number of benzene rings is 2. The van der Waals surface area contributed by atoms with Crippen molar-refractivity contribution >= 4 is 17.6 Å². The molecule has 8 nitrogen and oxygen atoms in total. The van der Waals surface area contributed by atoms with Crippen LogP contribution in [0.25, 0.3) is 5.57 Å². The molecule has 1 fully saturated rings. The molecule has 34 heavy (non-hydrogen) atoms. The van der Waals surface area contributed by atoms with Gasteiger partial charge in [-0.15, -0.1) is 0 Å². The molecule has 0 spiro atoms. The molecule has 0 unspecified atom stereocenters. The van der Waals surface area contributed by atoms with Crippen LogP contribution >= 0.6 is 0 Å². The Bertz CT molecular complexity index is 1080. The maximum atomic E-state index is 12.0. The minimum absolute atomic E-state index is 0.0905. The summed E-state index contributed by atoms with van der Waals surface area (Å²) >= 11 is 0. The van der Waals surface area contributed by atoms with Crippen molar-refractivity contribution in [1.82, 2.24) is 4.90 Å². The molecule has 2 aromatic carbocycles. The van der Waals surface area contributed by atoms with Gasteiger partial charge in [-0.2, -0.15) is 0 Å². The average Bonchev–Trinajstić information content (AvgIpc) is 3.25. The molecule has 1 saturated heterocycles. The predicted octanol–water partition coefficient (Wildman–Crippen LogP) is 4.01. The Morgan fingerprint density at radius 2 is 1.79 bits per heavy atom. The zero-order valence-electron chi connectivity index (χ0n) is 20.3. The first-order valence-corrected chi connectivity index (χ1v) is 11.0. The number of amides is 1. The van der Waals surface area contributed by atoms with E-state index >= 15 is 0 Å². The molecule has 0 atom stereocenters. The third-order valence-corrected chi connectivity index (χ3v) is 5.72. The number of rotatable bonds is 10. The van der Waals surface area contributed by atoms with Crippen molar-refractivity contribution in [2.75, 3.05) is 48.1 Å². The van der Waals surface area contributed by atoms with Gasteiger partial charge in [0.15, 0.2) is 11.5 Å². The van der Waals surface area contributed by atoms with Gasteiger partial charge in [0, 0.05) is 12.1 Å². The average molecular weight is 470 g/mol. The van der Waals surface area contributed by atoms with Crippen LogP contribution in [-0.2, 0) is 20.7 Å². The zero-order valence-corrected chi connectivity index (χ0v) is 20.3. The second-order valence-corrected chi connectivity index (χ2v) is 7.82. The Hall–Kier alpha value is -3.68. The molecule has 8 heteroatoms. The first-order valence-electron chi connectivity index (χ1n) is 11.0. The van der Waals surface area contributed by atoms with Crippen LogP contribution in [0.15, 0.2) is 36.4 Å². The van der Waals surface area contributed by atoms with Gasteiger partial charge in [0.25, 0.3) is 0 Å². The summed E-state index contributed by atoms with van der Waals surface area (Å²) < 4.78 is 26.4. The highest BCUT2D eigenvalue weighted by molar-refractivity contribution is 5.83. The van der Waals surface area contributed by atoms with E-state index in [1.54, 1.807) is 26.2 Å². The first kappa shape index (κ1) is 25.0. The lowest BCUT2D eigenvalue weighted by atomic mass is 9.92. The van der Waals surface area contributed by atoms with E-state index in [1.807, 2.05) is 37.3 Å². The van der Waals surface area contributed by atoms with E-state index in [-0.39, 0.29) is 18.5 Å². The van der Waals surface area contributed by atoms with Crippen molar-refractivity contribution in [3.05, 3.63) is 58.7 Å². The Balaban J connectivity index is 2.06. The van der Waals surface area contributed by atoms with Crippen LogP contribution in [0.3, 0.4) is 0 Å². The summed E-state index contributed by atoms with van der Waals surface area (Å²) in [6.45, 7) is 3.48. The number of hydrogen-bond donors (Lipinski definition) is 0. The Morgan fingerprint density at radius 3 is 2.41 bits per heavy atom. The standard InChI is InChI=1S/C26H31NO7/c1-17-13-19(14-20(25(17)33-5)16-24(28)32-4)21(7-6-10-27-11-12-34-26(27)29)18-8-9-22(30-2)23(15-18)31-3/h7-9,13-15H,6,10-12,16H2,1-5H3/b21-7+. The number of aryl methyl sites for hydroxylation is 1. The van der Waals surface area contributed by atoms with Crippen molar-refractivity contribution in [2.24, 2.45) is 0 Å². The van der Waals surface area contributed by atoms with E-state index < -0.39 is 0 Å². The quantitative estimate of drug-likeness (QED) is 0.486. The van der Waals surface area contributed by atoms with Crippen LogP contribution < -0.4 is 14.2 Å². The van der Waals surface area contributed by atoms with E-state index in [9.17, 15) is 9.59 Å². The predicted molar refractivity (Wildman–Crippen MR) is 128 cm³/mol. The molecule has 0 saturated carbocycles. The Morgan fingerprint density at radius 1 is 1.03 bits per heavy atom. The second-order valence-electron chi connectivity index (χ2n) is 7.82. The van der Waals surface area contributed by atoms with E-state index in [0.29, 0.717) is 43.4 Å². The van der Waals surface area contributed by atoms with Crippen LogP contribution in [0.4, 0.5) is 4.79 Å². The molecule has 1 aliphatic heterocycles. The fraction of sp³-hybridized carbons (Fsp3) is 0.385. The van der Waals surface area contributed by atoms with Crippen LogP contribution in [0.1, 0.15) is 28.7 Å². The van der Waals surface area contributed by atoms with E-state index in [1.165, 1.54) is 7.11 Å². The number of carbonyl (C=O) groups is 2. The van der Waals surface area contributed by atoms with Gasteiger partial charge >= 0.3 is 12.1 Å². The molecule has 182 valence electrons. The normalized spacial score (nSPS) is 13.5. The minimum Gasteiger partial charge on any atom is -0.496 e. The Kier molecular flexibility index (Phi) is 8.40. The molecule has 2 aromatic rings. The van der Waals surface area contributed by atoms with Crippen molar-refractivity contribution in [2.45, 2.75) is 19.8 Å². The molecule has 0 N–H and O–H groups in total. The molecule has 3 rings (SSSR count). The first-order chi connectivity index (χ1) is 16.4. The summed E-state index contributed by atoms with van der Waals surface area (Å²) in [6.07, 6.45) is 2.50. The van der Waals surface area contributed by atoms with Gasteiger partial charge in [0.1, 0.15) is 12.4 Å². The third kappa shape index (κ3) is 5.62. The zero-order chi connectivity index (χ0) is 24.7. The lowest BCUT2D eigenvalue weighted by molar-refractivity contribution is -0.139. The van der Waals surface area contributed by atoms with Gasteiger partial charge in [0.05, 0.1) is 41.4 Å². The highest BCUT2D eigenvalue weighted by atomic mass is 16.6. The molecular weight excluding hydrogens is 438 g/mol. The van der Waals surface area contributed by atoms with Crippen molar-refractivity contribution in [3.8, 4) is 17.2 Å². The Labute approximate surface area is 200 Å². The summed E-state index contributed by atoms with van der Waals surface area (Å²) in [4.78, 5) is 25.6. The highest BCUT2D eigenvalue weighted by Gasteiger charge is 2.21. The summed E-state index contributed by atoms with van der Waals surface area (Å²) in [6, 6.07) is 9.68. The second kappa shape index (κ2) is 11.4. The van der Waals surface area contributed by atoms with Crippen molar-refractivity contribution in [3.63, 3.8) is 0 Å². The minimum atomic E-state index is -0.348. The molecule has 0 aliphatic carbocycles.